The Hall–Kier alpha value is -1.15. The molecule has 3 heteroatoms. The Bertz CT molecular complexity index is 460. The normalized spacial score (nSPS) is 10.3. The highest BCUT2D eigenvalue weighted by molar-refractivity contribution is 5.85. The number of halogens is 1. The van der Waals surface area contributed by atoms with Gasteiger partial charge in [0, 0.05) is 28.8 Å². The number of fused-ring (bicyclic) bond motifs is 1. The number of nitrogen functional groups attached to an aromatic ring is 1. The van der Waals surface area contributed by atoms with Gasteiger partial charge in [-0.2, -0.15) is 0 Å². The molecule has 0 fully saturated rings. The monoisotopic (exact) mass is 224 g/mol. The Kier molecular flexibility index (Phi) is 3.64. The number of anilines is 1. The fourth-order valence-corrected chi connectivity index (χ4v) is 1.95. The van der Waals surface area contributed by atoms with E-state index in [4.69, 9.17) is 5.73 Å². The van der Waals surface area contributed by atoms with Gasteiger partial charge in [0.15, 0.2) is 0 Å². The van der Waals surface area contributed by atoms with Crippen LogP contribution in [-0.2, 0) is 6.54 Å². The summed E-state index contributed by atoms with van der Waals surface area (Å²) >= 11 is 0. The first-order valence-corrected chi connectivity index (χ1v) is 5.07. The summed E-state index contributed by atoms with van der Waals surface area (Å²) in [7, 11) is 0. The van der Waals surface area contributed by atoms with E-state index in [1.165, 1.54) is 16.6 Å². The maximum atomic E-state index is 5.75. The van der Waals surface area contributed by atoms with Crippen molar-refractivity contribution in [2.75, 3.05) is 5.73 Å². The predicted molar refractivity (Wildman–Crippen MR) is 68.6 cm³/mol. The maximum Gasteiger partial charge on any atom is 0.0483 e. The number of hydrogen-bond acceptors (Lipinski definition) is 1. The Morgan fingerprint density at radius 3 is 2.67 bits per heavy atom. The second-order valence-corrected chi connectivity index (χ2v) is 3.76. The van der Waals surface area contributed by atoms with Crippen LogP contribution in [0.3, 0.4) is 0 Å². The van der Waals surface area contributed by atoms with Crippen molar-refractivity contribution in [3.63, 3.8) is 0 Å². The second-order valence-electron chi connectivity index (χ2n) is 3.76. The third-order valence-corrected chi connectivity index (χ3v) is 2.58. The summed E-state index contributed by atoms with van der Waals surface area (Å²) in [5, 5.41) is 1.25. The van der Waals surface area contributed by atoms with Crippen LogP contribution in [0.2, 0.25) is 0 Å². The highest BCUT2D eigenvalue weighted by Gasteiger charge is 2.04. The first-order chi connectivity index (χ1) is 6.72. The van der Waals surface area contributed by atoms with Crippen LogP contribution in [-0.4, -0.2) is 4.57 Å². The van der Waals surface area contributed by atoms with Crippen molar-refractivity contribution in [1.29, 1.82) is 0 Å². The first-order valence-electron chi connectivity index (χ1n) is 5.07. The fraction of sp³-hybridized carbons (Fsp3) is 0.333. The predicted octanol–water partition coefficient (Wildman–Crippen LogP) is 3.36. The highest BCUT2D eigenvalue weighted by Crippen LogP contribution is 2.22. The van der Waals surface area contributed by atoms with E-state index in [0.29, 0.717) is 0 Å². The number of hydrogen-bond donors (Lipinski definition) is 1. The van der Waals surface area contributed by atoms with Gasteiger partial charge in [0.25, 0.3) is 0 Å². The summed E-state index contributed by atoms with van der Waals surface area (Å²) in [6.07, 6.45) is 1.16. The molecule has 15 heavy (non-hydrogen) atoms. The Labute approximate surface area is 96.5 Å². The summed E-state index contributed by atoms with van der Waals surface area (Å²) in [6.45, 7) is 5.42. The smallest absolute Gasteiger partial charge is 0.0483 e. The lowest BCUT2D eigenvalue weighted by Crippen LogP contribution is -1.98. The minimum Gasteiger partial charge on any atom is -0.399 e. The second kappa shape index (κ2) is 4.58. The van der Waals surface area contributed by atoms with E-state index in [9.17, 15) is 0 Å². The number of aromatic nitrogens is 1. The largest absolute Gasteiger partial charge is 0.399 e. The molecule has 0 aliphatic heterocycles. The summed E-state index contributed by atoms with van der Waals surface area (Å²) in [4.78, 5) is 0. The summed E-state index contributed by atoms with van der Waals surface area (Å²) < 4.78 is 2.34. The van der Waals surface area contributed by atoms with Gasteiger partial charge in [-0.05, 0) is 37.6 Å². The van der Waals surface area contributed by atoms with Gasteiger partial charge in [0.1, 0.15) is 0 Å². The lowest BCUT2D eigenvalue weighted by atomic mass is 10.2. The van der Waals surface area contributed by atoms with Gasteiger partial charge < -0.3 is 10.3 Å². The summed E-state index contributed by atoms with van der Waals surface area (Å²) in [6, 6.07) is 8.30. The zero-order chi connectivity index (χ0) is 10.1. The average Bonchev–Trinajstić information content (AvgIpc) is 2.43. The van der Waals surface area contributed by atoms with Gasteiger partial charge in [-0.1, -0.05) is 6.92 Å². The number of aryl methyl sites for hydroxylation is 2. The minimum atomic E-state index is 0. The van der Waals surface area contributed by atoms with Crippen molar-refractivity contribution in [2.45, 2.75) is 26.8 Å². The molecule has 2 rings (SSSR count). The molecular weight excluding hydrogens is 208 g/mol. The topological polar surface area (TPSA) is 30.9 Å². The van der Waals surface area contributed by atoms with Crippen LogP contribution in [0, 0.1) is 6.92 Å². The van der Waals surface area contributed by atoms with Crippen LogP contribution < -0.4 is 5.73 Å². The average molecular weight is 225 g/mol. The summed E-state index contributed by atoms with van der Waals surface area (Å²) in [5.74, 6) is 0. The third kappa shape index (κ3) is 2.10. The first kappa shape index (κ1) is 11.9. The molecule has 2 aromatic rings. The quantitative estimate of drug-likeness (QED) is 0.780. The van der Waals surface area contributed by atoms with E-state index in [2.05, 4.69) is 30.5 Å². The van der Waals surface area contributed by atoms with E-state index in [1.54, 1.807) is 0 Å². The van der Waals surface area contributed by atoms with Crippen molar-refractivity contribution in [3.8, 4) is 0 Å². The van der Waals surface area contributed by atoms with Crippen LogP contribution >= 0.6 is 12.4 Å². The number of nitrogens with two attached hydrogens (primary N) is 1. The molecule has 2 nitrogen and oxygen atoms in total. The third-order valence-electron chi connectivity index (χ3n) is 2.58. The minimum absolute atomic E-state index is 0. The molecule has 0 saturated heterocycles. The van der Waals surface area contributed by atoms with Crippen LogP contribution in [0.15, 0.2) is 24.3 Å². The fourth-order valence-electron chi connectivity index (χ4n) is 1.95. The van der Waals surface area contributed by atoms with Crippen molar-refractivity contribution >= 4 is 29.0 Å². The standard InChI is InChI=1S/C12H16N2.ClH/c1-3-6-14-9(2)7-10-8-11(13)4-5-12(10)14;/h4-5,7-8H,3,6,13H2,1-2H3;1H. The molecule has 0 spiro atoms. The van der Waals surface area contributed by atoms with Crippen molar-refractivity contribution in [2.24, 2.45) is 0 Å². The van der Waals surface area contributed by atoms with E-state index >= 15 is 0 Å². The Morgan fingerprint density at radius 2 is 2.00 bits per heavy atom. The molecule has 82 valence electrons. The molecule has 0 aliphatic rings. The SMILES string of the molecule is CCCn1c(C)cc2cc(N)ccc21.Cl. The molecule has 1 aromatic carbocycles. The number of benzene rings is 1. The van der Waals surface area contributed by atoms with E-state index in [0.717, 1.165) is 18.7 Å². The maximum absolute atomic E-state index is 5.75. The van der Waals surface area contributed by atoms with Gasteiger partial charge in [-0.25, -0.2) is 0 Å². The zero-order valence-electron chi connectivity index (χ0n) is 9.16. The van der Waals surface area contributed by atoms with Gasteiger partial charge >= 0.3 is 0 Å². The van der Waals surface area contributed by atoms with Crippen molar-refractivity contribution < 1.29 is 0 Å². The van der Waals surface area contributed by atoms with Crippen LogP contribution in [0.5, 0.6) is 0 Å². The number of rotatable bonds is 2. The van der Waals surface area contributed by atoms with Crippen LogP contribution in [0.1, 0.15) is 19.0 Å². The van der Waals surface area contributed by atoms with Crippen LogP contribution in [0.25, 0.3) is 10.9 Å². The van der Waals surface area contributed by atoms with E-state index in [-0.39, 0.29) is 12.4 Å². The molecule has 0 unspecified atom stereocenters. The van der Waals surface area contributed by atoms with E-state index < -0.39 is 0 Å². The molecule has 0 bridgehead atoms. The molecule has 0 amide bonds. The molecule has 0 atom stereocenters. The molecular formula is C12H17ClN2. The lowest BCUT2D eigenvalue weighted by molar-refractivity contribution is 0.686. The van der Waals surface area contributed by atoms with Gasteiger partial charge in [-0.3, -0.25) is 0 Å². The molecule has 1 aromatic heterocycles. The molecule has 2 N–H and O–H groups in total. The molecule has 0 saturated carbocycles. The van der Waals surface area contributed by atoms with Crippen molar-refractivity contribution in [3.05, 3.63) is 30.0 Å². The Morgan fingerprint density at radius 1 is 1.27 bits per heavy atom. The summed E-state index contributed by atoms with van der Waals surface area (Å²) in [5.41, 5.74) is 9.19. The molecule has 0 radical (unpaired) electrons. The lowest BCUT2D eigenvalue weighted by Gasteiger charge is -2.05. The Balaban J connectivity index is 0.00000112. The molecule has 1 heterocycles. The highest BCUT2D eigenvalue weighted by atomic mass is 35.5. The van der Waals surface area contributed by atoms with Crippen LogP contribution in [0.4, 0.5) is 5.69 Å². The van der Waals surface area contributed by atoms with Gasteiger partial charge in [0.2, 0.25) is 0 Å². The van der Waals surface area contributed by atoms with Gasteiger partial charge in [0.05, 0.1) is 0 Å². The van der Waals surface area contributed by atoms with Crippen molar-refractivity contribution in [1.82, 2.24) is 4.57 Å². The molecule has 0 aliphatic carbocycles. The number of nitrogens with zero attached hydrogens (tertiary/aromatic N) is 1. The van der Waals surface area contributed by atoms with E-state index in [1.807, 2.05) is 12.1 Å². The zero-order valence-corrected chi connectivity index (χ0v) is 9.97. The van der Waals surface area contributed by atoms with Gasteiger partial charge in [-0.15, -0.1) is 12.4 Å².